The van der Waals surface area contributed by atoms with Crippen molar-refractivity contribution in [3.05, 3.63) is 59.7 Å². The van der Waals surface area contributed by atoms with Crippen LogP contribution in [0.15, 0.2) is 48.5 Å². The topological polar surface area (TPSA) is 44.8 Å². The first-order valence-electron chi connectivity index (χ1n) is 8.54. The van der Waals surface area contributed by atoms with Gasteiger partial charge in [-0.05, 0) is 45.1 Å². The lowest BCUT2D eigenvalue weighted by atomic mass is 10.1. The van der Waals surface area contributed by atoms with E-state index in [1.807, 2.05) is 51.1 Å². The first kappa shape index (κ1) is 18.6. The van der Waals surface area contributed by atoms with E-state index in [9.17, 15) is 4.79 Å². The van der Waals surface area contributed by atoms with Gasteiger partial charge in [-0.2, -0.15) is 0 Å². The van der Waals surface area contributed by atoms with Gasteiger partial charge in [0.25, 0.3) is 0 Å². The lowest BCUT2D eigenvalue weighted by Crippen LogP contribution is -2.04. The molecule has 0 spiro atoms. The zero-order chi connectivity index (χ0) is 18.1. The second-order valence-corrected chi connectivity index (χ2v) is 5.17. The average Bonchev–Trinajstić information content (AvgIpc) is 2.64. The molecule has 0 saturated heterocycles. The molecule has 0 fully saturated rings. The van der Waals surface area contributed by atoms with Gasteiger partial charge in [-0.3, -0.25) is 4.79 Å². The minimum Gasteiger partial charge on any atom is -0.490 e. The summed E-state index contributed by atoms with van der Waals surface area (Å²) in [4.78, 5) is 12.3. The third-order valence-corrected chi connectivity index (χ3v) is 3.46. The summed E-state index contributed by atoms with van der Waals surface area (Å²) in [5.41, 5.74) is 1.42. The Hall–Kier alpha value is -2.75. The van der Waals surface area contributed by atoms with Crippen molar-refractivity contribution in [1.82, 2.24) is 0 Å². The van der Waals surface area contributed by atoms with Crippen LogP contribution in [0.3, 0.4) is 0 Å². The second kappa shape index (κ2) is 9.52. The Balaban J connectivity index is 2.37. The van der Waals surface area contributed by atoms with Crippen molar-refractivity contribution in [2.45, 2.75) is 20.8 Å². The molecule has 4 heteroatoms. The SMILES string of the molecule is CCOc1ccc(C=CC(=O)c2ccccc2)c(OCC)c1OCC. The Morgan fingerprint density at radius 1 is 0.840 bits per heavy atom. The Bertz CT molecular complexity index is 720. The highest BCUT2D eigenvalue weighted by molar-refractivity contribution is 6.07. The molecule has 2 aromatic carbocycles. The van der Waals surface area contributed by atoms with E-state index in [1.165, 1.54) is 0 Å². The van der Waals surface area contributed by atoms with Gasteiger partial charge in [-0.1, -0.05) is 30.3 Å². The highest BCUT2D eigenvalue weighted by atomic mass is 16.5. The van der Waals surface area contributed by atoms with Gasteiger partial charge < -0.3 is 14.2 Å². The van der Waals surface area contributed by atoms with E-state index in [2.05, 4.69) is 0 Å². The van der Waals surface area contributed by atoms with Crippen LogP contribution in [-0.4, -0.2) is 25.6 Å². The maximum atomic E-state index is 12.3. The quantitative estimate of drug-likeness (QED) is 0.487. The van der Waals surface area contributed by atoms with E-state index < -0.39 is 0 Å². The van der Waals surface area contributed by atoms with Gasteiger partial charge >= 0.3 is 0 Å². The first-order valence-corrected chi connectivity index (χ1v) is 8.54. The minimum absolute atomic E-state index is 0.0603. The van der Waals surface area contributed by atoms with Crippen molar-refractivity contribution in [3.8, 4) is 17.2 Å². The standard InChI is InChI=1S/C21H24O4/c1-4-23-19-15-13-17(20(24-5-2)21(19)25-6-3)12-14-18(22)16-10-8-7-9-11-16/h7-15H,4-6H2,1-3H3. The fourth-order valence-corrected chi connectivity index (χ4v) is 2.40. The third-order valence-electron chi connectivity index (χ3n) is 3.46. The molecule has 0 atom stereocenters. The van der Waals surface area contributed by atoms with Gasteiger partial charge in [0, 0.05) is 11.1 Å². The fraction of sp³-hybridized carbons (Fsp3) is 0.286. The van der Waals surface area contributed by atoms with Crippen molar-refractivity contribution in [2.75, 3.05) is 19.8 Å². The highest BCUT2D eigenvalue weighted by Crippen LogP contribution is 2.41. The molecule has 0 aliphatic heterocycles. The van der Waals surface area contributed by atoms with E-state index in [1.54, 1.807) is 24.3 Å². The zero-order valence-electron chi connectivity index (χ0n) is 15.0. The van der Waals surface area contributed by atoms with Crippen molar-refractivity contribution < 1.29 is 19.0 Å². The summed E-state index contributed by atoms with van der Waals surface area (Å²) in [5.74, 6) is 1.74. The predicted octanol–water partition coefficient (Wildman–Crippen LogP) is 4.78. The van der Waals surface area contributed by atoms with Crippen molar-refractivity contribution in [3.63, 3.8) is 0 Å². The summed E-state index contributed by atoms with van der Waals surface area (Å²) in [7, 11) is 0. The van der Waals surface area contributed by atoms with Crippen LogP contribution in [0, 0.1) is 0 Å². The Morgan fingerprint density at radius 2 is 1.48 bits per heavy atom. The number of carbonyl (C=O) groups is 1. The van der Waals surface area contributed by atoms with E-state index in [-0.39, 0.29) is 5.78 Å². The highest BCUT2D eigenvalue weighted by Gasteiger charge is 2.16. The number of hydrogen-bond acceptors (Lipinski definition) is 4. The van der Waals surface area contributed by atoms with E-state index >= 15 is 0 Å². The molecule has 0 amide bonds. The summed E-state index contributed by atoms with van der Waals surface area (Å²) in [6.45, 7) is 7.26. The largest absolute Gasteiger partial charge is 0.490 e. The van der Waals surface area contributed by atoms with Crippen LogP contribution >= 0.6 is 0 Å². The van der Waals surface area contributed by atoms with Crippen molar-refractivity contribution in [1.29, 1.82) is 0 Å². The predicted molar refractivity (Wildman–Crippen MR) is 99.8 cm³/mol. The maximum absolute atomic E-state index is 12.3. The second-order valence-electron chi connectivity index (χ2n) is 5.17. The normalized spacial score (nSPS) is 10.7. The summed E-state index contributed by atoms with van der Waals surface area (Å²) in [6, 6.07) is 12.9. The first-order chi connectivity index (χ1) is 12.2. The maximum Gasteiger partial charge on any atom is 0.204 e. The molecule has 132 valence electrons. The number of ether oxygens (including phenoxy) is 3. The molecule has 0 unspecified atom stereocenters. The van der Waals surface area contributed by atoms with E-state index in [0.29, 0.717) is 42.6 Å². The molecule has 0 saturated carbocycles. The van der Waals surface area contributed by atoms with Crippen LogP contribution in [0.2, 0.25) is 0 Å². The lowest BCUT2D eigenvalue weighted by molar-refractivity contribution is 0.104. The number of ketones is 1. The smallest absolute Gasteiger partial charge is 0.204 e. The Labute approximate surface area is 149 Å². The molecule has 0 aromatic heterocycles. The fourth-order valence-electron chi connectivity index (χ4n) is 2.40. The number of hydrogen-bond donors (Lipinski definition) is 0. The van der Waals surface area contributed by atoms with Gasteiger partial charge in [0.15, 0.2) is 17.3 Å². The number of rotatable bonds is 9. The van der Waals surface area contributed by atoms with Gasteiger partial charge in [0.1, 0.15) is 0 Å². The molecule has 25 heavy (non-hydrogen) atoms. The molecule has 0 aliphatic rings. The van der Waals surface area contributed by atoms with Crippen molar-refractivity contribution in [2.24, 2.45) is 0 Å². The Kier molecular flexibility index (Phi) is 7.08. The van der Waals surface area contributed by atoms with Gasteiger partial charge in [0.2, 0.25) is 5.75 Å². The van der Waals surface area contributed by atoms with Crippen LogP contribution in [0.5, 0.6) is 17.2 Å². The van der Waals surface area contributed by atoms with Crippen molar-refractivity contribution >= 4 is 11.9 Å². The lowest BCUT2D eigenvalue weighted by Gasteiger charge is -2.17. The van der Waals surface area contributed by atoms with E-state index in [4.69, 9.17) is 14.2 Å². The van der Waals surface area contributed by atoms with Gasteiger partial charge in [-0.25, -0.2) is 0 Å². The Morgan fingerprint density at radius 3 is 2.12 bits per heavy atom. The third kappa shape index (κ3) is 4.86. The summed E-state index contributed by atoms with van der Waals surface area (Å²) < 4.78 is 17.1. The van der Waals surface area contributed by atoms with E-state index in [0.717, 1.165) is 5.56 Å². The van der Waals surface area contributed by atoms with Crippen LogP contribution in [0.1, 0.15) is 36.7 Å². The molecular formula is C21H24O4. The molecule has 0 aliphatic carbocycles. The molecule has 4 nitrogen and oxygen atoms in total. The molecule has 2 aromatic rings. The molecule has 0 bridgehead atoms. The monoisotopic (exact) mass is 340 g/mol. The summed E-state index contributed by atoms with van der Waals surface area (Å²) >= 11 is 0. The number of benzene rings is 2. The molecule has 0 N–H and O–H groups in total. The molecule has 2 rings (SSSR count). The average molecular weight is 340 g/mol. The molecule has 0 radical (unpaired) electrons. The zero-order valence-corrected chi connectivity index (χ0v) is 15.0. The number of carbonyl (C=O) groups excluding carboxylic acids is 1. The van der Waals surface area contributed by atoms with Crippen LogP contribution in [0.25, 0.3) is 6.08 Å². The molecule has 0 heterocycles. The summed E-state index contributed by atoms with van der Waals surface area (Å²) in [5, 5.41) is 0. The molecular weight excluding hydrogens is 316 g/mol. The van der Waals surface area contributed by atoms with Crippen LogP contribution < -0.4 is 14.2 Å². The van der Waals surface area contributed by atoms with Gasteiger partial charge in [-0.15, -0.1) is 0 Å². The van der Waals surface area contributed by atoms with Gasteiger partial charge in [0.05, 0.1) is 19.8 Å². The number of allylic oxidation sites excluding steroid dienone is 1. The van der Waals surface area contributed by atoms with Crippen LogP contribution in [-0.2, 0) is 0 Å². The summed E-state index contributed by atoms with van der Waals surface area (Å²) in [6.07, 6.45) is 3.29. The van der Waals surface area contributed by atoms with Crippen LogP contribution in [0.4, 0.5) is 0 Å². The minimum atomic E-state index is -0.0603.